The molecule has 3 aliphatic heterocycles. The van der Waals surface area contributed by atoms with Crippen LogP contribution in [0.25, 0.3) is 0 Å². The third-order valence-corrected chi connectivity index (χ3v) is 8.27. The maximum Gasteiger partial charge on any atom is 0.429 e. The molecule has 2 aromatic rings. The van der Waals surface area contributed by atoms with E-state index in [2.05, 4.69) is 36.5 Å². The van der Waals surface area contributed by atoms with Gasteiger partial charge in [0.05, 0.1) is 0 Å². The van der Waals surface area contributed by atoms with E-state index in [1.807, 2.05) is 9.80 Å². The molecule has 0 aliphatic carbocycles. The number of carbonyl (C=O) groups is 1. The molecule has 3 fully saturated rings. The zero-order chi connectivity index (χ0) is 27.8. The second-order valence-electron chi connectivity index (χ2n) is 10.4. The number of aliphatic carboxylic acids is 1. The molecule has 39 heavy (non-hydrogen) atoms. The Morgan fingerprint density at radius 3 is 2.51 bits per heavy atom. The number of carboxylic acids is 1. The minimum atomic E-state index is -4.72. The van der Waals surface area contributed by atoms with Crippen LogP contribution >= 0.6 is 15.9 Å². The van der Waals surface area contributed by atoms with Gasteiger partial charge in [-0.15, -0.1) is 0 Å². The number of alkyl halides is 3. The molecule has 1 aromatic carbocycles. The van der Waals surface area contributed by atoms with Crippen molar-refractivity contribution in [2.24, 2.45) is 5.41 Å². The number of nitrogens with one attached hydrogen (secondary N) is 2. The zero-order valence-electron chi connectivity index (χ0n) is 21.2. The van der Waals surface area contributed by atoms with Crippen LogP contribution in [-0.2, 0) is 4.79 Å². The van der Waals surface area contributed by atoms with Crippen LogP contribution in [0.15, 0.2) is 28.7 Å². The van der Waals surface area contributed by atoms with E-state index < -0.39 is 24.3 Å². The van der Waals surface area contributed by atoms with Gasteiger partial charge in [-0.05, 0) is 36.8 Å². The Labute approximate surface area is 232 Å². The van der Waals surface area contributed by atoms with Crippen LogP contribution in [0.4, 0.5) is 30.6 Å². The normalized spacial score (nSPS) is 22.2. The quantitative estimate of drug-likeness (QED) is 0.386. The SMILES string of the molecule is Nc1nc(O[C@H](c2ccc(Br)cc2N2CCNCC2)C(F)(F)F)cc(N2CCC3(CC2)CNC(C(=O)O)C3)n1. The van der Waals surface area contributed by atoms with Crippen molar-refractivity contribution in [2.45, 2.75) is 37.6 Å². The molecule has 3 aliphatic rings. The molecule has 1 aromatic heterocycles. The van der Waals surface area contributed by atoms with E-state index >= 15 is 0 Å². The van der Waals surface area contributed by atoms with Crippen LogP contribution in [0, 0.1) is 5.41 Å². The fourth-order valence-electron chi connectivity index (χ4n) is 5.68. The number of ether oxygens (including phenoxy) is 1. The molecule has 5 N–H and O–H groups in total. The number of piperazine rings is 1. The molecule has 5 rings (SSSR count). The third kappa shape index (κ3) is 6.17. The molecule has 0 saturated carbocycles. The van der Waals surface area contributed by atoms with Gasteiger partial charge in [0, 0.05) is 67.6 Å². The van der Waals surface area contributed by atoms with Crippen LogP contribution in [-0.4, -0.2) is 79.1 Å². The van der Waals surface area contributed by atoms with Crippen molar-refractivity contribution in [3.8, 4) is 5.88 Å². The predicted molar refractivity (Wildman–Crippen MR) is 143 cm³/mol. The molecule has 0 radical (unpaired) electrons. The van der Waals surface area contributed by atoms with E-state index in [1.165, 1.54) is 12.1 Å². The number of nitrogen functional groups attached to an aromatic ring is 1. The minimum absolute atomic E-state index is 0.00651. The number of hydrogen-bond acceptors (Lipinski definition) is 9. The summed E-state index contributed by atoms with van der Waals surface area (Å²) in [6, 6.07) is 5.51. The van der Waals surface area contributed by atoms with E-state index in [1.54, 1.807) is 12.1 Å². The molecule has 1 unspecified atom stereocenters. The summed E-state index contributed by atoms with van der Waals surface area (Å²) in [7, 11) is 0. The number of hydrogen-bond donors (Lipinski definition) is 4. The van der Waals surface area contributed by atoms with E-state index in [0.29, 0.717) is 68.2 Å². The van der Waals surface area contributed by atoms with E-state index in [0.717, 1.165) is 12.8 Å². The first-order chi connectivity index (χ1) is 18.5. The zero-order valence-corrected chi connectivity index (χ0v) is 22.8. The highest BCUT2D eigenvalue weighted by molar-refractivity contribution is 9.10. The second kappa shape index (κ2) is 11.0. The summed E-state index contributed by atoms with van der Waals surface area (Å²) < 4.78 is 49.6. The maximum atomic E-state index is 14.5. The highest BCUT2D eigenvalue weighted by Crippen LogP contribution is 2.43. The van der Waals surface area contributed by atoms with Gasteiger partial charge in [-0.25, -0.2) is 0 Å². The number of benzene rings is 1. The molecule has 1 spiro atoms. The Morgan fingerprint density at radius 2 is 1.87 bits per heavy atom. The lowest BCUT2D eigenvalue weighted by atomic mass is 9.76. The monoisotopic (exact) mass is 613 g/mol. The average molecular weight is 614 g/mol. The predicted octanol–water partition coefficient (Wildman–Crippen LogP) is 2.95. The Kier molecular flexibility index (Phi) is 7.80. The summed E-state index contributed by atoms with van der Waals surface area (Å²) in [4.78, 5) is 23.5. The van der Waals surface area contributed by atoms with Crippen molar-refractivity contribution in [1.29, 1.82) is 0 Å². The first-order valence-electron chi connectivity index (χ1n) is 12.9. The molecule has 14 heteroatoms. The maximum absolute atomic E-state index is 14.5. The molecule has 0 bridgehead atoms. The van der Waals surface area contributed by atoms with E-state index in [4.69, 9.17) is 10.5 Å². The first kappa shape index (κ1) is 27.7. The smallest absolute Gasteiger partial charge is 0.429 e. The van der Waals surface area contributed by atoms with Gasteiger partial charge in [0.15, 0.2) is 0 Å². The number of nitrogens with zero attached hydrogens (tertiary/aromatic N) is 4. The topological polar surface area (TPSA) is 129 Å². The molecular weight excluding hydrogens is 583 g/mol. The van der Waals surface area contributed by atoms with Crippen LogP contribution in [0.5, 0.6) is 5.88 Å². The van der Waals surface area contributed by atoms with Crippen LogP contribution in [0.2, 0.25) is 0 Å². The van der Waals surface area contributed by atoms with E-state index in [9.17, 15) is 23.1 Å². The van der Waals surface area contributed by atoms with Crippen molar-refractivity contribution >= 4 is 39.4 Å². The Balaban J connectivity index is 1.37. The lowest BCUT2D eigenvalue weighted by Crippen LogP contribution is -2.44. The van der Waals surface area contributed by atoms with Gasteiger partial charge in [-0.3, -0.25) is 4.79 Å². The highest BCUT2D eigenvalue weighted by atomic mass is 79.9. The largest absolute Gasteiger partial charge is 0.480 e. The van der Waals surface area contributed by atoms with Gasteiger partial charge in [0.2, 0.25) is 17.9 Å². The van der Waals surface area contributed by atoms with E-state index in [-0.39, 0.29) is 22.8 Å². The first-order valence-corrected chi connectivity index (χ1v) is 13.7. The molecule has 212 valence electrons. The Morgan fingerprint density at radius 1 is 1.15 bits per heavy atom. The molecule has 3 saturated heterocycles. The lowest BCUT2D eigenvalue weighted by Gasteiger charge is -2.39. The van der Waals surface area contributed by atoms with Crippen LogP contribution in [0.3, 0.4) is 0 Å². The number of piperidine rings is 1. The second-order valence-corrected chi connectivity index (χ2v) is 11.3. The Hall–Kier alpha value is -2.84. The van der Waals surface area contributed by atoms with Crippen molar-refractivity contribution in [3.05, 3.63) is 34.3 Å². The summed E-state index contributed by atoms with van der Waals surface area (Å²) in [6.07, 6.45) is -4.99. The highest BCUT2D eigenvalue weighted by Gasteiger charge is 2.46. The summed E-state index contributed by atoms with van der Waals surface area (Å²) in [6.45, 7) is 4.21. The number of anilines is 3. The number of rotatable bonds is 6. The molecule has 2 atom stereocenters. The number of carboxylic acid groups (broad SMARTS) is 1. The van der Waals surface area contributed by atoms with Gasteiger partial charge in [0.1, 0.15) is 11.9 Å². The third-order valence-electron chi connectivity index (χ3n) is 7.78. The lowest BCUT2D eigenvalue weighted by molar-refractivity contribution is -0.198. The van der Waals surface area contributed by atoms with Gasteiger partial charge in [0.25, 0.3) is 0 Å². The van der Waals surface area contributed by atoms with Gasteiger partial charge in [-0.2, -0.15) is 23.1 Å². The standard InChI is InChI=1S/C25H31BrF3N7O3/c26-15-1-2-16(18(11-15)35-9-5-31-6-10-35)21(25(27,28)29)39-20-12-19(33-23(30)34-20)36-7-3-24(4-8-36)13-17(22(37)38)32-14-24/h1-2,11-12,17,21,31-32H,3-10,13-14H2,(H,37,38)(H2,30,33,34)/t17?,21-/m1/s1. The number of aromatic nitrogens is 2. The number of halogens is 4. The molecule has 10 nitrogen and oxygen atoms in total. The Bertz CT molecular complexity index is 1200. The minimum Gasteiger partial charge on any atom is -0.480 e. The van der Waals surface area contributed by atoms with Gasteiger partial charge in [-0.1, -0.05) is 22.0 Å². The summed E-state index contributed by atoms with van der Waals surface area (Å²) in [5.74, 6) is -0.921. The molecule has 4 heterocycles. The van der Waals surface area contributed by atoms with Gasteiger partial charge >= 0.3 is 12.1 Å². The average Bonchev–Trinajstić information content (AvgIpc) is 3.31. The fourth-order valence-corrected chi connectivity index (χ4v) is 6.03. The molecular formula is C25H31BrF3N7O3. The van der Waals surface area contributed by atoms with Crippen molar-refractivity contribution in [2.75, 3.05) is 61.3 Å². The summed E-state index contributed by atoms with van der Waals surface area (Å²) >= 11 is 3.38. The van der Waals surface area contributed by atoms with Gasteiger partial charge < -0.3 is 36.0 Å². The van der Waals surface area contributed by atoms with Crippen molar-refractivity contribution < 1.29 is 27.8 Å². The molecule has 0 amide bonds. The fraction of sp³-hybridized carbons (Fsp3) is 0.560. The van der Waals surface area contributed by atoms with Crippen LogP contribution < -0.4 is 30.9 Å². The van der Waals surface area contributed by atoms with Crippen molar-refractivity contribution in [1.82, 2.24) is 20.6 Å². The summed E-state index contributed by atoms with van der Waals surface area (Å²) in [5, 5.41) is 15.6. The summed E-state index contributed by atoms with van der Waals surface area (Å²) in [5.41, 5.74) is 6.23. The van der Waals surface area contributed by atoms with Crippen molar-refractivity contribution in [3.63, 3.8) is 0 Å². The number of nitrogens with two attached hydrogens (primary N) is 1. The van der Waals surface area contributed by atoms with Crippen LogP contribution in [0.1, 0.15) is 30.9 Å².